The van der Waals surface area contributed by atoms with Crippen molar-refractivity contribution in [1.29, 1.82) is 0 Å². The summed E-state index contributed by atoms with van der Waals surface area (Å²) in [6.07, 6.45) is -0.799. The lowest BCUT2D eigenvalue weighted by atomic mass is 9.59. The number of aromatic nitrogens is 2. The van der Waals surface area contributed by atoms with Crippen molar-refractivity contribution in [2.75, 3.05) is 23.7 Å². The zero-order chi connectivity index (χ0) is 27.7. The third-order valence-electron chi connectivity index (χ3n) is 7.32. The molecule has 3 aliphatic rings. The van der Waals surface area contributed by atoms with Crippen LogP contribution in [0.3, 0.4) is 0 Å². The molecule has 7 nitrogen and oxygen atoms in total. The van der Waals surface area contributed by atoms with Gasteiger partial charge in [0.25, 0.3) is 0 Å². The summed E-state index contributed by atoms with van der Waals surface area (Å²) in [6.45, 7) is -2.31. The van der Waals surface area contributed by atoms with E-state index in [1.165, 1.54) is 30.5 Å². The molecule has 3 aromatic rings. The number of fused-ring (bicyclic) bond motifs is 3. The number of rotatable bonds is 5. The van der Waals surface area contributed by atoms with E-state index in [2.05, 4.69) is 20.6 Å². The fraction of sp³-hybridized carbons (Fsp3) is 0.385. The molecule has 36 heavy (non-hydrogen) atoms. The fourth-order valence-corrected chi connectivity index (χ4v) is 5.29. The maximum Gasteiger partial charge on any atom is 0.418 e. The van der Waals surface area contributed by atoms with E-state index < -0.39 is 30.0 Å². The number of halogens is 3. The lowest BCUT2D eigenvalue weighted by Crippen LogP contribution is -2.51. The van der Waals surface area contributed by atoms with Gasteiger partial charge in [-0.05, 0) is 61.4 Å². The van der Waals surface area contributed by atoms with Crippen molar-refractivity contribution < 1.29 is 26.9 Å². The number of para-hydroxylation sites is 1. The Morgan fingerprint density at radius 3 is 2.75 bits per heavy atom. The van der Waals surface area contributed by atoms with Crippen molar-refractivity contribution in [3.05, 3.63) is 53.7 Å². The van der Waals surface area contributed by atoms with E-state index in [4.69, 9.17) is 4.11 Å². The molecule has 3 heterocycles. The number of carbonyl (C=O) groups excluding carboxylic acids is 2. The van der Waals surface area contributed by atoms with Crippen LogP contribution in [0.5, 0.6) is 0 Å². The molecule has 1 aromatic carbocycles. The van der Waals surface area contributed by atoms with Crippen LogP contribution in [0.15, 0.2) is 42.6 Å². The standard InChI is InChI=1S/C26H24F3N5O2/c1-34-19-13-30-21(32-20-8-7-15-3-2-4-17(22(15)33-20)26(27,28)29)9-18(19)25(24(34)36)10-14(11-25)12-31-23(35)16-5-6-16/h2-4,7-9,13-14,16H,5-6,10-12H2,1H3,(H,31,35)(H,30,32,33)/i1D3. The van der Waals surface area contributed by atoms with Crippen LogP contribution in [0.1, 0.15) is 40.9 Å². The Morgan fingerprint density at radius 2 is 2.03 bits per heavy atom. The monoisotopic (exact) mass is 498 g/mol. The van der Waals surface area contributed by atoms with Gasteiger partial charge in [-0.25, -0.2) is 9.97 Å². The van der Waals surface area contributed by atoms with Gasteiger partial charge in [-0.3, -0.25) is 9.59 Å². The molecule has 2 saturated carbocycles. The highest BCUT2D eigenvalue weighted by Gasteiger charge is 2.57. The Balaban J connectivity index is 1.30. The Hall–Kier alpha value is -3.69. The quantitative estimate of drug-likeness (QED) is 0.539. The summed E-state index contributed by atoms with van der Waals surface area (Å²) in [4.78, 5) is 34.7. The Kier molecular flexibility index (Phi) is 4.28. The maximum atomic E-state index is 13.5. The van der Waals surface area contributed by atoms with Gasteiger partial charge in [-0.15, -0.1) is 0 Å². The zero-order valence-electron chi connectivity index (χ0n) is 22.0. The second-order valence-corrected chi connectivity index (χ2v) is 9.80. The number of alkyl halides is 3. The number of hydrogen-bond acceptors (Lipinski definition) is 5. The molecule has 0 bridgehead atoms. The van der Waals surface area contributed by atoms with Gasteiger partial charge >= 0.3 is 6.18 Å². The van der Waals surface area contributed by atoms with Crippen LogP contribution in [0, 0.1) is 11.8 Å². The number of hydrogen-bond donors (Lipinski definition) is 2. The lowest BCUT2D eigenvalue weighted by Gasteiger charge is -2.44. The third kappa shape index (κ3) is 3.66. The van der Waals surface area contributed by atoms with Gasteiger partial charge in [0.15, 0.2) is 0 Å². The molecular formula is C26H24F3N5O2. The Morgan fingerprint density at radius 1 is 1.22 bits per heavy atom. The number of nitrogens with zero attached hydrogens (tertiary/aromatic N) is 3. The third-order valence-corrected chi connectivity index (χ3v) is 7.32. The van der Waals surface area contributed by atoms with Crippen molar-refractivity contribution in [2.24, 2.45) is 11.8 Å². The van der Waals surface area contributed by atoms with Crippen molar-refractivity contribution in [3.63, 3.8) is 0 Å². The van der Waals surface area contributed by atoms with E-state index in [0.717, 1.165) is 23.8 Å². The largest absolute Gasteiger partial charge is 0.418 e. The SMILES string of the molecule is [2H]C([2H])([2H])N1C(=O)C2(CC(CNC(=O)C3CC3)C2)c2cc(Nc3ccc4cccc(C(F)(F)F)c4n3)ncc21. The van der Waals surface area contributed by atoms with Crippen LogP contribution in [0.25, 0.3) is 10.9 Å². The highest BCUT2D eigenvalue weighted by molar-refractivity contribution is 6.08. The van der Waals surface area contributed by atoms with E-state index in [1.807, 2.05) is 0 Å². The minimum atomic E-state index is -4.58. The van der Waals surface area contributed by atoms with E-state index in [1.54, 1.807) is 6.07 Å². The van der Waals surface area contributed by atoms with Crippen molar-refractivity contribution in [2.45, 2.75) is 37.3 Å². The molecule has 1 spiro atoms. The minimum Gasteiger partial charge on any atom is -0.356 e. The summed E-state index contributed by atoms with van der Waals surface area (Å²) in [5.41, 5.74) is -1.48. The first kappa shape index (κ1) is 19.5. The molecule has 0 radical (unpaired) electrons. The number of benzene rings is 1. The van der Waals surface area contributed by atoms with Crippen LogP contribution < -0.4 is 15.5 Å². The molecule has 2 aromatic heterocycles. The van der Waals surface area contributed by atoms with Gasteiger partial charge in [-0.2, -0.15) is 13.2 Å². The molecule has 2 fully saturated rings. The first-order chi connectivity index (χ1) is 18.4. The predicted molar refractivity (Wildman–Crippen MR) is 128 cm³/mol. The predicted octanol–water partition coefficient (Wildman–Crippen LogP) is 4.54. The number of likely N-dealkylation sites (N-methyl/N-ethyl adjacent to an activating group) is 1. The molecule has 10 heteroatoms. The van der Waals surface area contributed by atoms with Gasteiger partial charge in [0.2, 0.25) is 11.8 Å². The van der Waals surface area contributed by atoms with Crippen LogP contribution in [0.4, 0.5) is 30.5 Å². The maximum absolute atomic E-state index is 13.5. The fourth-order valence-electron chi connectivity index (χ4n) is 5.29. The van der Waals surface area contributed by atoms with Crippen LogP contribution in [0.2, 0.25) is 0 Å². The first-order valence-electron chi connectivity index (χ1n) is 13.2. The number of pyridine rings is 2. The normalized spacial score (nSPS) is 24.6. The number of amides is 2. The average molecular weight is 499 g/mol. The van der Waals surface area contributed by atoms with Gasteiger partial charge < -0.3 is 15.5 Å². The number of carbonyl (C=O) groups is 2. The van der Waals surface area contributed by atoms with Crippen molar-refractivity contribution in [3.8, 4) is 0 Å². The zero-order valence-corrected chi connectivity index (χ0v) is 19.0. The van der Waals surface area contributed by atoms with Crippen LogP contribution in [-0.2, 0) is 21.2 Å². The second-order valence-electron chi connectivity index (χ2n) is 9.80. The highest BCUT2D eigenvalue weighted by atomic mass is 19.4. The summed E-state index contributed by atoms with van der Waals surface area (Å²) >= 11 is 0. The smallest absolute Gasteiger partial charge is 0.356 e. The molecule has 0 unspecified atom stereocenters. The second kappa shape index (κ2) is 7.91. The van der Waals surface area contributed by atoms with Crippen LogP contribution >= 0.6 is 0 Å². The number of nitrogens with one attached hydrogen (secondary N) is 2. The molecule has 0 atom stereocenters. The molecule has 6 rings (SSSR count). The van der Waals surface area contributed by atoms with Gasteiger partial charge in [-0.1, -0.05) is 12.1 Å². The minimum absolute atomic E-state index is 0.00506. The van der Waals surface area contributed by atoms with E-state index in [-0.39, 0.29) is 40.6 Å². The average Bonchev–Trinajstić information content (AvgIpc) is 3.64. The first-order valence-corrected chi connectivity index (χ1v) is 11.7. The molecule has 2 amide bonds. The van der Waals surface area contributed by atoms with E-state index in [9.17, 15) is 22.8 Å². The molecule has 0 saturated heterocycles. The van der Waals surface area contributed by atoms with Gasteiger partial charge in [0, 0.05) is 28.9 Å². The van der Waals surface area contributed by atoms with Gasteiger partial charge in [0.05, 0.1) is 28.4 Å². The van der Waals surface area contributed by atoms with Crippen molar-refractivity contribution >= 4 is 40.0 Å². The molecule has 2 aliphatic carbocycles. The Labute approximate surface area is 209 Å². The summed E-state index contributed by atoms with van der Waals surface area (Å²) < 4.78 is 64.3. The highest BCUT2D eigenvalue weighted by Crippen LogP contribution is 2.55. The Bertz CT molecular complexity index is 1500. The summed E-state index contributed by atoms with van der Waals surface area (Å²) in [5, 5.41) is 6.15. The molecular weight excluding hydrogens is 471 g/mol. The summed E-state index contributed by atoms with van der Waals surface area (Å²) in [5.74, 6) is -0.129. The summed E-state index contributed by atoms with van der Waals surface area (Å²) in [6, 6.07) is 8.42. The van der Waals surface area contributed by atoms with Crippen LogP contribution in [-0.4, -0.2) is 35.3 Å². The summed E-state index contributed by atoms with van der Waals surface area (Å²) in [7, 11) is 0. The van der Waals surface area contributed by atoms with E-state index in [0.29, 0.717) is 30.3 Å². The molecule has 186 valence electrons. The van der Waals surface area contributed by atoms with E-state index >= 15 is 0 Å². The van der Waals surface area contributed by atoms with Crippen molar-refractivity contribution in [1.82, 2.24) is 15.3 Å². The molecule has 2 N–H and O–H groups in total. The molecule has 1 aliphatic heterocycles. The number of anilines is 3. The van der Waals surface area contributed by atoms with Gasteiger partial charge in [0.1, 0.15) is 11.6 Å². The lowest BCUT2D eigenvalue weighted by molar-refractivity contribution is -0.136. The topological polar surface area (TPSA) is 87.2 Å².